The Morgan fingerprint density at radius 3 is 2.50 bits per heavy atom. The van der Waals surface area contributed by atoms with Gasteiger partial charge in [0, 0.05) is 23.2 Å². The smallest absolute Gasteiger partial charge is 0.165 e. The Bertz CT molecular complexity index is 1190. The van der Waals surface area contributed by atoms with Crippen molar-refractivity contribution in [3.8, 4) is 0 Å². The zero-order chi connectivity index (χ0) is 23.7. The van der Waals surface area contributed by atoms with Crippen molar-refractivity contribution < 1.29 is 17.2 Å². The van der Waals surface area contributed by atoms with E-state index >= 15 is 0 Å². The molecular formula is C23H26ClF2N3O2S. The second kappa shape index (κ2) is 9.27. The quantitative estimate of drug-likeness (QED) is 0.421. The average Bonchev–Trinajstić information content (AvgIpc) is 3.54. The summed E-state index contributed by atoms with van der Waals surface area (Å²) in [4.78, 5) is 4.08. The zero-order valence-electron chi connectivity index (χ0n) is 18.2. The van der Waals surface area contributed by atoms with Crippen LogP contribution in [0.25, 0.3) is 5.70 Å². The van der Waals surface area contributed by atoms with Crippen LogP contribution in [0.15, 0.2) is 36.0 Å². The third-order valence-electron chi connectivity index (χ3n) is 5.56. The van der Waals surface area contributed by atoms with Crippen LogP contribution in [0.1, 0.15) is 57.7 Å². The molecule has 1 aromatic carbocycles. The van der Waals surface area contributed by atoms with Gasteiger partial charge in [-0.2, -0.15) is 0 Å². The molecule has 0 saturated heterocycles. The predicted molar refractivity (Wildman–Crippen MR) is 125 cm³/mol. The number of anilines is 1. The van der Waals surface area contributed by atoms with Crippen molar-refractivity contribution in [2.75, 3.05) is 5.32 Å². The highest BCUT2D eigenvalue weighted by atomic mass is 35.5. The number of aromatic nitrogens is 1. The summed E-state index contributed by atoms with van der Waals surface area (Å²) in [6, 6.07) is 5.22. The van der Waals surface area contributed by atoms with Gasteiger partial charge in [0.25, 0.3) is 0 Å². The van der Waals surface area contributed by atoms with Crippen LogP contribution in [-0.2, 0) is 15.6 Å². The lowest BCUT2D eigenvalue weighted by atomic mass is 10.0. The maximum Gasteiger partial charge on any atom is 0.165 e. The molecule has 1 aliphatic carbocycles. The first kappa shape index (κ1) is 24.3. The molecule has 0 radical (unpaired) electrons. The van der Waals surface area contributed by atoms with E-state index < -0.39 is 32.0 Å². The number of allylic oxidation sites excluding steroid dienone is 1. The highest BCUT2D eigenvalue weighted by Crippen LogP contribution is 2.37. The molecule has 0 atom stereocenters. The third-order valence-corrected chi connectivity index (χ3v) is 8.26. The van der Waals surface area contributed by atoms with Crippen molar-refractivity contribution in [3.63, 3.8) is 0 Å². The van der Waals surface area contributed by atoms with E-state index in [1.54, 1.807) is 0 Å². The number of pyridine rings is 1. The largest absolute Gasteiger partial charge is 0.354 e. The average molecular weight is 482 g/mol. The van der Waals surface area contributed by atoms with Gasteiger partial charge in [0.1, 0.15) is 16.3 Å². The van der Waals surface area contributed by atoms with Crippen LogP contribution in [0, 0.1) is 17.0 Å². The molecule has 3 rings (SSSR count). The van der Waals surface area contributed by atoms with Gasteiger partial charge in [0.05, 0.1) is 16.5 Å². The fourth-order valence-electron chi connectivity index (χ4n) is 3.26. The van der Waals surface area contributed by atoms with E-state index in [0.717, 1.165) is 18.4 Å². The Kier molecular flexibility index (Phi) is 7.05. The van der Waals surface area contributed by atoms with E-state index in [1.807, 2.05) is 6.92 Å². The fourth-order valence-corrected chi connectivity index (χ4v) is 4.87. The number of rotatable bonds is 9. The van der Waals surface area contributed by atoms with Crippen molar-refractivity contribution in [2.45, 2.75) is 57.0 Å². The van der Waals surface area contributed by atoms with Crippen LogP contribution < -0.4 is 5.32 Å². The second-order valence-corrected chi connectivity index (χ2v) is 11.4. The van der Waals surface area contributed by atoms with Gasteiger partial charge < -0.3 is 10.7 Å². The minimum absolute atomic E-state index is 0.0166. The van der Waals surface area contributed by atoms with Gasteiger partial charge in [-0.05, 0) is 62.9 Å². The third kappa shape index (κ3) is 5.18. The first-order valence-corrected chi connectivity index (χ1v) is 12.4. The molecule has 1 aromatic heterocycles. The summed E-state index contributed by atoms with van der Waals surface area (Å²) in [6.07, 6.45) is 3.91. The van der Waals surface area contributed by atoms with Gasteiger partial charge >= 0.3 is 0 Å². The van der Waals surface area contributed by atoms with Gasteiger partial charge in [0.15, 0.2) is 15.7 Å². The summed E-state index contributed by atoms with van der Waals surface area (Å²) in [7, 11) is -3.86. The maximum atomic E-state index is 14.5. The highest BCUT2D eigenvalue weighted by Gasteiger charge is 2.38. The number of benzene rings is 1. The summed E-state index contributed by atoms with van der Waals surface area (Å²) in [6.45, 7) is 4.83. The van der Waals surface area contributed by atoms with Crippen LogP contribution in [0.2, 0.25) is 5.02 Å². The van der Waals surface area contributed by atoms with Crippen LogP contribution in [0.5, 0.6) is 0 Å². The molecule has 2 N–H and O–H groups in total. The molecule has 2 aromatic rings. The Hall–Kier alpha value is -2.32. The molecule has 1 fully saturated rings. The number of nitrogens with one attached hydrogen (secondary N) is 2. The van der Waals surface area contributed by atoms with Gasteiger partial charge in [0.2, 0.25) is 0 Å². The van der Waals surface area contributed by atoms with Crippen molar-refractivity contribution in [1.29, 1.82) is 5.41 Å². The van der Waals surface area contributed by atoms with Crippen molar-refractivity contribution in [1.82, 2.24) is 4.98 Å². The lowest BCUT2D eigenvalue weighted by Gasteiger charge is -2.26. The van der Waals surface area contributed by atoms with Crippen molar-refractivity contribution >= 4 is 38.5 Å². The molecule has 32 heavy (non-hydrogen) atoms. The van der Waals surface area contributed by atoms with Crippen LogP contribution in [0.3, 0.4) is 0 Å². The Morgan fingerprint density at radius 2 is 1.91 bits per heavy atom. The Balaban J connectivity index is 1.91. The number of hydrogen-bond donors (Lipinski definition) is 2. The zero-order valence-corrected chi connectivity index (χ0v) is 19.8. The van der Waals surface area contributed by atoms with E-state index in [4.69, 9.17) is 17.0 Å². The molecule has 0 spiro atoms. The summed E-state index contributed by atoms with van der Waals surface area (Å²) >= 11 is 5.80. The lowest BCUT2D eigenvalue weighted by Crippen LogP contribution is -2.41. The molecule has 9 heteroatoms. The number of hydrogen-bond acceptors (Lipinski definition) is 5. The predicted octanol–water partition coefficient (Wildman–Crippen LogP) is 6.14. The van der Waals surface area contributed by atoms with Crippen LogP contribution in [-0.4, -0.2) is 23.9 Å². The van der Waals surface area contributed by atoms with Crippen molar-refractivity contribution in [2.24, 2.45) is 0 Å². The van der Waals surface area contributed by atoms with Gasteiger partial charge in [-0.1, -0.05) is 24.9 Å². The normalized spacial score (nSPS) is 13.8. The van der Waals surface area contributed by atoms with E-state index in [1.165, 1.54) is 44.3 Å². The maximum absolute atomic E-state index is 14.5. The summed E-state index contributed by atoms with van der Waals surface area (Å²) < 4.78 is 53.6. The molecular weight excluding hydrogens is 456 g/mol. The van der Waals surface area contributed by atoms with E-state index in [2.05, 4.69) is 10.3 Å². The van der Waals surface area contributed by atoms with E-state index in [9.17, 15) is 17.2 Å². The number of nitrogens with zero attached hydrogens (tertiary/aromatic N) is 1. The standard InChI is InChI=1S/C23H26ClF2N3O2S/c1-4-5-20(27)23(2,3)32(30,31)13-15-10-17(8-9-18(15)25)29-21(14-6-7-14)22-19(26)11-16(24)12-28-22/h8-12,27,29H,4-7,13H2,1-3H3. The molecule has 0 unspecified atom stereocenters. The monoisotopic (exact) mass is 481 g/mol. The minimum atomic E-state index is -3.86. The van der Waals surface area contributed by atoms with Gasteiger partial charge in [-0.3, -0.25) is 4.98 Å². The molecule has 0 aliphatic heterocycles. The summed E-state index contributed by atoms with van der Waals surface area (Å²) in [5.41, 5.74) is 2.05. The van der Waals surface area contributed by atoms with Crippen molar-refractivity contribution in [3.05, 3.63) is 63.9 Å². The molecule has 172 valence electrons. The molecule has 1 aliphatic rings. The molecule has 0 amide bonds. The van der Waals surface area contributed by atoms with Gasteiger partial charge in [-0.15, -0.1) is 0 Å². The highest BCUT2D eigenvalue weighted by molar-refractivity contribution is 7.92. The molecule has 1 saturated carbocycles. The SMILES string of the molecule is CCCC(=N)C(C)(C)S(=O)(=O)Cc1cc(NC(=C2CC2)c2ncc(Cl)cc2F)ccc1F. The lowest BCUT2D eigenvalue weighted by molar-refractivity contribution is 0.569. The molecule has 1 heterocycles. The first-order chi connectivity index (χ1) is 15.0. The molecule has 5 nitrogen and oxygen atoms in total. The fraction of sp³-hybridized carbons (Fsp3) is 0.391. The van der Waals surface area contributed by atoms with Gasteiger partial charge in [-0.25, -0.2) is 17.2 Å². The van der Waals surface area contributed by atoms with Crippen LogP contribution in [0.4, 0.5) is 14.5 Å². The van der Waals surface area contributed by atoms with E-state index in [0.29, 0.717) is 24.2 Å². The topological polar surface area (TPSA) is 82.9 Å². The minimum Gasteiger partial charge on any atom is -0.354 e. The summed E-state index contributed by atoms with van der Waals surface area (Å²) in [5, 5.41) is 11.4. The Morgan fingerprint density at radius 1 is 1.22 bits per heavy atom. The Labute approximate surface area is 192 Å². The molecule has 0 bridgehead atoms. The van der Waals surface area contributed by atoms with E-state index in [-0.39, 0.29) is 22.0 Å². The number of sulfone groups is 1. The van der Waals surface area contributed by atoms with Crippen LogP contribution >= 0.6 is 11.6 Å². The summed E-state index contributed by atoms with van der Waals surface area (Å²) in [5.74, 6) is -1.79. The second-order valence-electron chi connectivity index (χ2n) is 8.39. The first-order valence-electron chi connectivity index (χ1n) is 10.4. The number of halogens is 3.